The highest BCUT2D eigenvalue weighted by Crippen LogP contribution is 2.20. The molecule has 2 aromatic carbocycles. The van der Waals surface area contributed by atoms with Crippen molar-refractivity contribution in [3.8, 4) is 0 Å². The molecule has 0 bridgehead atoms. The zero-order valence-corrected chi connectivity index (χ0v) is 13.3. The van der Waals surface area contributed by atoms with E-state index in [-0.39, 0.29) is 6.04 Å². The quantitative estimate of drug-likeness (QED) is 0.621. The Bertz CT molecular complexity index is 573. The van der Waals surface area contributed by atoms with E-state index in [2.05, 4.69) is 68.7 Å². The van der Waals surface area contributed by atoms with Crippen molar-refractivity contribution < 1.29 is 0 Å². The second kappa shape index (κ2) is 7.39. The van der Waals surface area contributed by atoms with Gasteiger partial charge in [-0.05, 0) is 54.5 Å². The molecule has 1 atom stereocenters. The molecule has 112 valence electrons. The van der Waals surface area contributed by atoms with Crippen LogP contribution in [0.1, 0.15) is 47.2 Å². The first kappa shape index (κ1) is 15.7. The molecular formula is C19H26N2. The van der Waals surface area contributed by atoms with E-state index in [9.17, 15) is 0 Å². The van der Waals surface area contributed by atoms with E-state index in [0.29, 0.717) is 0 Å². The van der Waals surface area contributed by atoms with Crippen molar-refractivity contribution in [1.29, 1.82) is 0 Å². The lowest BCUT2D eigenvalue weighted by Gasteiger charge is -2.17. The lowest BCUT2D eigenvalue weighted by atomic mass is 9.96. The molecule has 0 amide bonds. The zero-order valence-electron chi connectivity index (χ0n) is 13.3. The van der Waals surface area contributed by atoms with Crippen LogP contribution in [-0.4, -0.2) is 0 Å². The fraction of sp³-hybridized carbons (Fsp3) is 0.368. The number of nitrogens with one attached hydrogen (secondary N) is 1. The van der Waals surface area contributed by atoms with Gasteiger partial charge >= 0.3 is 0 Å². The molecular weight excluding hydrogens is 256 g/mol. The lowest BCUT2D eigenvalue weighted by Crippen LogP contribution is -2.29. The smallest absolute Gasteiger partial charge is 0.0500 e. The molecule has 0 aliphatic rings. The maximum atomic E-state index is 5.77. The summed E-state index contributed by atoms with van der Waals surface area (Å²) in [4.78, 5) is 0. The molecule has 0 saturated heterocycles. The van der Waals surface area contributed by atoms with Gasteiger partial charge in [0.2, 0.25) is 0 Å². The van der Waals surface area contributed by atoms with Gasteiger partial charge in [-0.1, -0.05) is 55.8 Å². The fourth-order valence-corrected chi connectivity index (χ4v) is 2.64. The van der Waals surface area contributed by atoms with E-state index in [1.54, 1.807) is 0 Å². The summed E-state index contributed by atoms with van der Waals surface area (Å²) in [5.41, 5.74) is 9.58. The van der Waals surface area contributed by atoms with E-state index in [4.69, 9.17) is 5.84 Å². The molecule has 0 radical (unpaired) electrons. The van der Waals surface area contributed by atoms with Crippen molar-refractivity contribution in [2.75, 3.05) is 0 Å². The van der Waals surface area contributed by atoms with Gasteiger partial charge in [0, 0.05) is 6.04 Å². The van der Waals surface area contributed by atoms with Gasteiger partial charge in [0.25, 0.3) is 0 Å². The van der Waals surface area contributed by atoms with Crippen LogP contribution >= 0.6 is 0 Å². The summed E-state index contributed by atoms with van der Waals surface area (Å²) in [5.74, 6) is 5.77. The van der Waals surface area contributed by atoms with Crippen LogP contribution in [0.5, 0.6) is 0 Å². The van der Waals surface area contributed by atoms with E-state index in [0.717, 1.165) is 12.8 Å². The Morgan fingerprint density at radius 2 is 1.62 bits per heavy atom. The zero-order chi connectivity index (χ0) is 15.2. The monoisotopic (exact) mass is 282 g/mol. The largest absolute Gasteiger partial charge is 0.271 e. The average Bonchev–Trinajstić information content (AvgIpc) is 2.50. The highest BCUT2D eigenvalue weighted by Gasteiger charge is 2.11. The lowest BCUT2D eigenvalue weighted by molar-refractivity contribution is 0.551. The molecule has 1 unspecified atom stereocenters. The summed E-state index contributed by atoms with van der Waals surface area (Å²) in [5, 5.41) is 0. The summed E-state index contributed by atoms with van der Waals surface area (Å²) in [6.45, 7) is 6.51. The van der Waals surface area contributed by atoms with Crippen LogP contribution in [-0.2, 0) is 12.8 Å². The Morgan fingerprint density at radius 3 is 2.19 bits per heavy atom. The predicted molar refractivity (Wildman–Crippen MR) is 90.1 cm³/mol. The molecule has 0 heterocycles. The summed E-state index contributed by atoms with van der Waals surface area (Å²) in [7, 11) is 0. The Balaban J connectivity index is 2.13. The van der Waals surface area contributed by atoms with Gasteiger partial charge in [0.05, 0.1) is 0 Å². The van der Waals surface area contributed by atoms with Gasteiger partial charge in [-0.25, -0.2) is 0 Å². The Kier molecular flexibility index (Phi) is 5.54. The van der Waals surface area contributed by atoms with Crippen molar-refractivity contribution >= 4 is 0 Å². The first-order chi connectivity index (χ1) is 10.1. The van der Waals surface area contributed by atoms with Gasteiger partial charge in [-0.3, -0.25) is 11.3 Å². The molecule has 0 saturated carbocycles. The summed E-state index contributed by atoms with van der Waals surface area (Å²) in [6.07, 6.45) is 3.23. The highest BCUT2D eigenvalue weighted by molar-refractivity contribution is 5.32. The molecule has 0 fully saturated rings. The van der Waals surface area contributed by atoms with Gasteiger partial charge in [-0.2, -0.15) is 0 Å². The minimum absolute atomic E-state index is 0.155. The molecule has 2 heteroatoms. The minimum Gasteiger partial charge on any atom is -0.271 e. The third-order valence-corrected chi connectivity index (χ3v) is 4.13. The van der Waals surface area contributed by atoms with Crippen molar-refractivity contribution in [3.05, 3.63) is 70.3 Å². The van der Waals surface area contributed by atoms with Crippen molar-refractivity contribution in [1.82, 2.24) is 5.43 Å². The van der Waals surface area contributed by atoms with Crippen LogP contribution in [0, 0.1) is 13.8 Å². The first-order valence-electron chi connectivity index (χ1n) is 7.75. The average molecular weight is 282 g/mol. The third kappa shape index (κ3) is 4.16. The van der Waals surface area contributed by atoms with Gasteiger partial charge < -0.3 is 0 Å². The minimum atomic E-state index is 0.155. The normalized spacial score (nSPS) is 12.4. The number of hydrogen-bond donors (Lipinski definition) is 2. The van der Waals surface area contributed by atoms with Crippen LogP contribution in [0.4, 0.5) is 0 Å². The maximum absolute atomic E-state index is 5.77. The number of benzene rings is 2. The molecule has 2 aromatic rings. The number of hydrogen-bond acceptors (Lipinski definition) is 2. The molecule has 3 N–H and O–H groups in total. The second-order valence-electron chi connectivity index (χ2n) is 5.83. The van der Waals surface area contributed by atoms with Crippen molar-refractivity contribution in [2.45, 2.75) is 46.1 Å². The van der Waals surface area contributed by atoms with Crippen LogP contribution in [0.25, 0.3) is 0 Å². The summed E-state index contributed by atoms with van der Waals surface area (Å²) >= 11 is 0. The second-order valence-corrected chi connectivity index (χ2v) is 5.83. The van der Waals surface area contributed by atoms with Crippen LogP contribution < -0.4 is 11.3 Å². The number of rotatable bonds is 6. The maximum Gasteiger partial charge on any atom is 0.0500 e. The standard InChI is InChI=1S/C19H26N2/c1-4-5-16-8-10-18(11-9-16)19(21-20)13-17-7-6-14(2)15(3)12-17/h6-12,19,21H,4-5,13,20H2,1-3H3. The van der Waals surface area contributed by atoms with Crippen LogP contribution in [0.15, 0.2) is 42.5 Å². The Morgan fingerprint density at radius 1 is 0.952 bits per heavy atom. The number of hydrazine groups is 1. The molecule has 0 spiro atoms. The Hall–Kier alpha value is -1.64. The summed E-state index contributed by atoms with van der Waals surface area (Å²) in [6, 6.07) is 15.6. The molecule has 21 heavy (non-hydrogen) atoms. The van der Waals surface area contributed by atoms with Gasteiger partial charge in [-0.15, -0.1) is 0 Å². The SMILES string of the molecule is CCCc1ccc(C(Cc2ccc(C)c(C)c2)NN)cc1. The molecule has 2 nitrogen and oxygen atoms in total. The van der Waals surface area contributed by atoms with Crippen LogP contribution in [0.2, 0.25) is 0 Å². The van der Waals surface area contributed by atoms with Crippen LogP contribution in [0.3, 0.4) is 0 Å². The molecule has 2 rings (SSSR count). The fourth-order valence-electron chi connectivity index (χ4n) is 2.64. The number of aryl methyl sites for hydroxylation is 3. The van der Waals surface area contributed by atoms with Gasteiger partial charge in [0.1, 0.15) is 0 Å². The first-order valence-corrected chi connectivity index (χ1v) is 7.75. The number of nitrogens with two attached hydrogens (primary N) is 1. The highest BCUT2D eigenvalue weighted by atomic mass is 15.2. The van der Waals surface area contributed by atoms with E-state index < -0.39 is 0 Å². The van der Waals surface area contributed by atoms with E-state index in [1.807, 2.05) is 0 Å². The van der Waals surface area contributed by atoms with E-state index in [1.165, 1.54) is 34.2 Å². The topological polar surface area (TPSA) is 38.0 Å². The van der Waals surface area contributed by atoms with Crippen molar-refractivity contribution in [3.63, 3.8) is 0 Å². The molecule has 0 aromatic heterocycles. The third-order valence-electron chi connectivity index (χ3n) is 4.13. The molecule has 0 aliphatic heterocycles. The van der Waals surface area contributed by atoms with Gasteiger partial charge in [0.15, 0.2) is 0 Å². The van der Waals surface area contributed by atoms with E-state index >= 15 is 0 Å². The molecule has 0 aliphatic carbocycles. The summed E-state index contributed by atoms with van der Waals surface area (Å²) < 4.78 is 0. The van der Waals surface area contributed by atoms with Crippen molar-refractivity contribution in [2.24, 2.45) is 5.84 Å². The Labute approximate surface area is 128 Å². The predicted octanol–water partition coefficient (Wildman–Crippen LogP) is 4.00.